The molecule has 0 nitrogen and oxygen atoms in total. The fourth-order valence-corrected chi connectivity index (χ4v) is 1.26. The number of rotatable bonds is 6. The summed E-state index contributed by atoms with van der Waals surface area (Å²) in [5.41, 5.74) is 0. The largest absolute Gasteiger partial charge is 0.0883 e. The quantitative estimate of drug-likeness (QED) is 0.414. The van der Waals surface area contributed by atoms with Crippen molar-refractivity contribution in [1.82, 2.24) is 0 Å². The van der Waals surface area contributed by atoms with Crippen molar-refractivity contribution >= 4 is 0 Å². The highest BCUT2D eigenvalue weighted by molar-refractivity contribution is 4.84. The van der Waals surface area contributed by atoms with Crippen molar-refractivity contribution in [2.45, 2.75) is 53.9 Å². The van der Waals surface area contributed by atoms with Gasteiger partial charge in [-0.1, -0.05) is 53.2 Å². The summed E-state index contributed by atoms with van der Waals surface area (Å²) >= 11 is 0. The predicted octanol–water partition coefficient (Wildman–Crippen LogP) is 4.66. The monoisotopic (exact) mass is 182 g/mol. The van der Waals surface area contributed by atoms with Gasteiger partial charge in [0.15, 0.2) is 0 Å². The molecule has 0 heteroatoms. The Morgan fingerprint density at radius 2 is 1.62 bits per heavy atom. The van der Waals surface area contributed by atoms with Gasteiger partial charge in [0.2, 0.25) is 0 Å². The highest BCUT2D eigenvalue weighted by atomic mass is 14.1. The van der Waals surface area contributed by atoms with Gasteiger partial charge in [-0.2, -0.15) is 0 Å². The molecule has 0 N–H and O–H groups in total. The molecule has 1 unspecified atom stereocenters. The Labute approximate surface area is 84.4 Å². The van der Waals surface area contributed by atoms with Crippen LogP contribution in [0.4, 0.5) is 0 Å². The molecule has 0 aliphatic rings. The van der Waals surface area contributed by atoms with E-state index in [1.165, 1.54) is 19.3 Å². The molecule has 0 bridgehead atoms. The molecule has 0 heterocycles. The van der Waals surface area contributed by atoms with E-state index in [-0.39, 0.29) is 0 Å². The van der Waals surface area contributed by atoms with Crippen molar-refractivity contribution in [3.05, 3.63) is 12.2 Å². The maximum atomic E-state index is 2.36. The summed E-state index contributed by atoms with van der Waals surface area (Å²) in [4.78, 5) is 0. The third-order valence-corrected chi connectivity index (χ3v) is 2.69. The molecular weight excluding hydrogens is 156 g/mol. The van der Waals surface area contributed by atoms with Gasteiger partial charge in [0, 0.05) is 0 Å². The maximum Gasteiger partial charge on any atom is -0.0290 e. The summed E-state index contributed by atoms with van der Waals surface area (Å²) in [5.74, 6) is 2.43. The first-order valence-corrected chi connectivity index (χ1v) is 5.70. The van der Waals surface area contributed by atoms with Crippen LogP contribution < -0.4 is 0 Å². The second kappa shape index (κ2) is 7.17. The Morgan fingerprint density at radius 3 is 2.08 bits per heavy atom. The Bertz CT molecular complexity index is 131. The third-order valence-electron chi connectivity index (χ3n) is 2.69. The van der Waals surface area contributed by atoms with Crippen molar-refractivity contribution in [2.75, 3.05) is 0 Å². The van der Waals surface area contributed by atoms with E-state index in [0.29, 0.717) is 5.92 Å². The van der Waals surface area contributed by atoms with Crippen molar-refractivity contribution in [3.63, 3.8) is 0 Å². The second-order valence-electron chi connectivity index (χ2n) is 4.82. The van der Waals surface area contributed by atoms with Gasteiger partial charge in [0.1, 0.15) is 0 Å². The van der Waals surface area contributed by atoms with E-state index in [2.05, 4.69) is 46.8 Å². The van der Waals surface area contributed by atoms with Crippen molar-refractivity contribution in [2.24, 2.45) is 17.8 Å². The van der Waals surface area contributed by atoms with E-state index < -0.39 is 0 Å². The molecule has 0 radical (unpaired) electrons. The molecule has 0 saturated heterocycles. The van der Waals surface area contributed by atoms with Crippen molar-refractivity contribution in [3.8, 4) is 0 Å². The van der Waals surface area contributed by atoms with Crippen LogP contribution in [0.15, 0.2) is 12.2 Å². The molecule has 0 aliphatic carbocycles. The van der Waals surface area contributed by atoms with Crippen LogP contribution in [0.2, 0.25) is 0 Å². The Balaban J connectivity index is 3.35. The minimum atomic E-state index is 0.711. The predicted molar refractivity (Wildman–Crippen MR) is 61.8 cm³/mol. The number of allylic oxidation sites excluding steroid dienone is 2. The molecule has 0 amide bonds. The molecular formula is C13H26. The van der Waals surface area contributed by atoms with Crippen LogP contribution in [0.3, 0.4) is 0 Å². The van der Waals surface area contributed by atoms with Crippen LogP contribution in [0.5, 0.6) is 0 Å². The Morgan fingerprint density at radius 1 is 1.00 bits per heavy atom. The summed E-state index contributed by atoms with van der Waals surface area (Å²) in [5, 5.41) is 0. The Kier molecular flexibility index (Phi) is 7.03. The lowest BCUT2D eigenvalue weighted by Gasteiger charge is -2.14. The van der Waals surface area contributed by atoms with E-state index in [4.69, 9.17) is 0 Å². The molecule has 1 atom stereocenters. The number of hydrogen-bond acceptors (Lipinski definition) is 0. The average molecular weight is 182 g/mol. The molecule has 0 fully saturated rings. The van der Waals surface area contributed by atoms with Gasteiger partial charge in [0.05, 0.1) is 0 Å². The van der Waals surface area contributed by atoms with Crippen molar-refractivity contribution < 1.29 is 0 Å². The van der Waals surface area contributed by atoms with E-state index in [1.54, 1.807) is 0 Å². The SMILES string of the molecule is CC(C)/C=C/CCCC(C)C(C)C. The highest BCUT2D eigenvalue weighted by Gasteiger charge is 2.04. The second-order valence-corrected chi connectivity index (χ2v) is 4.82. The number of unbranched alkanes of at least 4 members (excludes halogenated alkanes) is 1. The zero-order chi connectivity index (χ0) is 10.3. The maximum absolute atomic E-state index is 2.36. The molecule has 0 aromatic heterocycles. The van der Waals surface area contributed by atoms with Gasteiger partial charge >= 0.3 is 0 Å². The van der Waals surface area contributed by atoms with Crippen molar-refractivity contribution in [1.29, 1.82) is 0 Å². The lowest BCUT2D eigenvalue weighted by molar-refractivity contribution is 0.383. The molecule has 0 spiro atoms. The first kappa shape index (κ1) is 12.7. The minimum absolute atomic E-state index is 0.711. The van der Waals surface area contributed by atoms with Crippen LogP contribution in [0.25, 0.3) is 0 Å². The first-order valence-electron chi connectivity index (χ1n) is 5.70. The van der Waals surface area contributed by atoms with Gasteiger partial charge in [-0.05, 0) is 30.6 Å². The fourth-order valence-electron chi connectivity index (χ4n) is 1.26. The van der Waals surface area contributed by atoms with E-state index in [1.807, 2.05) is 0 Å². The summed E-state index contributed by atoms with van der Waals surface area (Å²) < 4.78 is 0. The average Bonchev–Trinajstić information content (AvgIpc) is 2.02. The van der Waals surface area contributed by atoms with Gasteiger partial charge in [-0.3, -0.25) is 0 Å². The molecule has 0 saturated carbocycles. The molecule has 0 aromatic carbocycles. The van der Waals surface area contributed by atoms with E-state index in [0.717, 1.165) is 11.8 Å². The molecule has 13 heavy (non-hydrogen) atoms. The summed E-state index contributed by atoms with van der Waals surface area (Å²) in [6, 6.07) is 0. The topological polar surface area (TPSA) is 0 Å². The molecule has 78 valence electrons. The zero-order valence-corrected chi connectivity index (χ0v) is 10.0. The van der Waals surface area contributed by atoms with Crippen LogP contribution in [0.1, 0.15) is 53.9 Å². The van der Waals surface area contributed by atoms with E-state index in [9.17, 15) is 0 Å². The van der Waals surface area contributed by atoms with Gasteiger partial charge < -0.3 is 0 Å². The number of hydrogen-bond donors (Lipinski definition) is 0. The summed E-state index contributed by atoms with van der Waals surface area (Å²) in [6.07, 6.45) is 8.62. The third kappa shape index (κ3) is 8.08. The summed E-state index contributed by atoms with van der Waals surface area (Å²) in [6.45, 7) is 11.4. The standard InChI is InChI=1S/C13H26/c1-11(2)9-7-6-8-10-13(5)12(3)4/h7,9,11-13H,6,8,10H2,1-5H3/b9-7+. The smallest absolute Gasteiger partial charge is 0.0290 e. The molecule has 0 rings (SSSR count). The Hall–Kier alpha value is -0.260. The van der Waals surface area contributed by atoms with Gasteiger partial charge in [-0.25, -0.2) is 0 Å². The minimum Gasteiger partial charge on any atom is -0.0883 e. The first-order chi connectivity index (χ1) is 6.04. The molecule has 0 aliphatic heterocycles. The summed E-state index contributed by atoms with van der Waals surface area (Å²) in [7, 11) is 0. The van der Waals surface area contributed by atoms with Gasteiger partial charge in [-0.15, -0.1) is 0 Å². The van der Waals surface area contributed by atoms with Crippen LogP contribution in [0, 0.1) is 17.8 Å². The van der Waals surface area contributed by atoms with Crippen LogP contribution in [-0.4, -0.2) is 0 Å². The highest BCUT2D eigenvalue weighted by Crippen LogP contribution is 2.17. The molecule has 0 aromatic rings. The zero-order valence-electron chi connectivity index (χ0n) is 10.0. The lowest BCUT2D eigenvalue weighted by atomic mass is 9.92. The van der Waals surface area contributed by atoms with E-state index >= 15 is 0 Å². The van der Waals surface area contributed by atoms with Gasteiger partial charge in [0.25, 0.3) is 0 Å². The fraction of sp³-hybridized carbons (Fsp3) is 0.846. The van der Waals surface area contributed by atoms with Crippen LogP contribution >= 0.6 is 0 Å². The lowest BCUT2D eigenvalue weighted by Crippen LogP contribution is -2.02. The normalized spacial score (nSPS) is 14.7. The van der Waals surface area contributed by atoms with Crippen LogP contribution in [-0.2, 0) is 0 Å².